The van der Waals surface area contributed by atoms with Crippen LogP contribution in [0.2, 0.25) is 0 Å². The number of halogens is 6. The summed E-state index contributed by atoms with van der Waals surface area (Å²) >= 11 is 0. The van der Waals surface area contributed by atoms with Crippen LogP contribution in [0.5, 0.6) is 0 Å². The topological polar surface area (TPSA) is 78.0 Å². The van der Waals surface area contributed by atoms with Gasteiger partial charge in [0.2, 0.25) is 5.89 Å². The van der Waals surface area contributed by atoms with Gasteiger partial charge in [-0.25, -0.2) is 0 Å². The third kappa shape index (κ3) is 5.58. The Kier molecular flexibility index (Phi) is 5.94. The van der Waals surface area contributed by atoms with Gasteiger partial charge in [-0.3, -0.25) is 0 Å². The van der Waals surface area contributed by atoms with Crippen molar-refractivity contribution in [1.29, 1.82) is 5.26 Å². The number of alkyl halides is 6. The van der Waals surface area contributed by atoms with Crippen LogP contribution >= 0.6 is 0 Å². The zero-order valence-corrected chi connectivity index (χ0v) is 13.8. The van der Waals surface area contributed by atoms with Crippen molar-refractivity contribution in [3.63, 3.8) is 0 Å². The van der Waals surface area contributed by atoms with E-state index in [9.17, 15) is 26.3 Å². The first kappa shape index (κ1) is 20.5. The average Bonchev–Trinajstić information content (AvgIpc) is 2.99. The number of rotatable bonds is 6. The van der Waals surface area contributed by atoms with Gasteiger partial charge in [-0.1, -0.05) is 5.16 Å². The van der Waals surface area contributed by atoms with Crippen molar-refractivity contribution in [2.45, 2.75) is 25.4 Å². The maximum atomic E-state index is 13.1. The molecule has 2 rings (SSSR count). The van der Waals surface area contributed by atoms with Crippen LogP contribution in [-0.2, 0) is 19.3 Å². The molecule has 2 aromatic rings. The zero-order valence-electron chi connectivity index (χ0n) is 13.8. The molecule has 0 aliphatic carbocycles. The summed E-state index contributed by atoms with van der Waals surface area (Å²) in [5.41, 5.74) is -2.38. The Morgan fingerprint density at radius 2 is 1.93 bits per heavy atom. The molecule has 146 valence electrons. The lowest BCUT2D eigenvalue weighted by Crippen LogP contribution is -2.34. The van der Waals surface area contributed by atoms with Crippen LogP contribution in [-0.4, -0.2) is 29.9 Å². The lowest BCUT2D eigenvalue weighted by atomic mass is 10.1. The minimum absolute atomic E-state index is 0.121. The van der Waals surface area contributed by atoms with E-state index in [0.717, 1.165) is 12.1 Å². The van der Waals surface area contributed by atoms with Crippen LogP contribution < -0.4 is 10.2 Å². The van der Waals surface area contributed by atoms with Gasteiger partial charge in [0.05, 0.1) is 30.3 Å². The van der Waals surface area contributed by atoms with Gasteiger partial charge in [-0.15, -0.1) is 0 Å². The second kappa shape index (κ2) is 7.83. The predicted molar refractivity (Wildman–Crippen MR) is 80.3 cm³/mol. The summed E-state index contributed by atoms with van der Waals surface area (Å²) in [6.45, 7) is -1.89. The number of nitriles is 1. The summed E-state index contributed by atoms with van der Waals surface area (Å²) in [6, 6.07) is 3.71. The van der Waals surface area contributed by atoms with Crippen molar-refractivity contribution in [2.75, 3.05) is 18.5 Å². The molecule has 1 aromatic heterocycles. The van der Waals surface area contributed by atoms with Gasteiger partial charge in [-0.05, 0) is 25.2 Å². The first-order chi connectivity index (χ1) is 12.5. The Hall–Kier alpha value is -2.81. The van der Waals surface area contributed by atoms with E-state index in [1.165, 1.54) is 6.07 Å². The average molecular weight is 393 g/mol. The van der Waals surface area contributed by atoms with Crippen molar-refractivity contribution in [3.05, 3.63) is 41.0 Å². The largest absolute Gasteiger partial charge is 0.417 e. The van der Waals surface area contributed by atoms with Gasteiger partial charge < -0.3 is 14.7 Å². The SMILES string of the molecule is CNCc1nc(CN(CC(F)(F)F)c2ccc(C#N)c(C(F)(F)F)c2)no1. The van der Waals surface area contributed by atoms with Gasteiger partial charge in [0.15, 0.2) is 5.82 Å². The van der Waals surface area contributed by atoms with Crippen molar-refractivity contribution < 1.29 is 30.9 Å². The Morgan fingerprint density at radius 1 is 1.22 bits per heavy atom. The second-order valence-corrected chi connectivity index (χ2v) is 5.45. The van der Waals surface area contributed by atoms with E-state index in [1.54, 1.807) is 7.05 Å². The molecule has 0 fully saturated rings. The predicted octanol–water partition coefficient (Wildman–Crippen LogP) is 3.25. The lowest BCUT2D eigenvalue weighted by Gasteiger charge is -2.25. The van der Waals surface area contributed by atoms with Crippen molar-refractivity contribution in [1.82, 2.24) is 15.5 Å². The number of nitrogens with one attached hydrogen (secondary N) is 1. The highest BCUT2D eigenvalue weighted by molar-refractivity contribution is 5.55. The Balaban J connectivity index is 2.40. The molecule has 0 atom stereocenters. The summed E-state index contributed by atoms with van der Waals surface area (Å²) in [5.74, 6) is -0.00214. The summed E-state index contributed by atoms with van der Waals surface area (Å²) in [6.07, 6.45) is -9.58. The first-order valence-electron chi connectivity index (χ1n) is 7.42. The van der Waals surface area contributed by atoms with Gasteiger partial charge in [0.1, 0.15) is 6.54 Å². The molecule has 6 nitrogen and oxygen atoms in total. The molecule has 0 amide bonds. The number of anilines is 1. The van der Waals surface area contributed by atoms with E-state index in [2.05, 4.69) is 15.5 Å². The normalized spacial score (nSPS) is 12.1. The summed E-state index contributed by atoms with van der Waals surface area (Å²) in [5, 5.41) is 15.0. The third-order valence-corrected chi connectivity index (χ3v) is 3.33. The minimum atomic E-state index is -4.89. The lowest BCUT2D eigenvalue weighted by molar-refractivity contribution is -0.137. The van der Waals surface area contributed by atoms with Gasteiger partial charge in [0.25, 0.3) is 0 Å². The van der Waals surface area contributed by atoms with Gasteiger partial charge in [0, 0.05) is 5.69 Å². The zero-order chi connectivity index (χ0) is 20.2. The third-order valence-electron chi connectivity index (χ3n) is 3.33. The standard InChI is InChI=1S/C15H13F6N5O/c1-23-6-13-24-12(25-27-13)7-26(8-14(16,17)18)10-3-2-9(5-22)11(4-10)15(19,20)21/h2-4,23H,6-8H2,1H3. The van der Waals surface area contributed by atoms with E-state index in [-0.39, 0.29) is 23.9 Å². The van der Waals surface area contributed by atoms with Crippen molar-refractivity contribution >= 4 is 5.69 Å². The molecular weight excluding hydrogens is 380 g/mol. The molecule has 27 heavy (non-hydrogen) atoms. The van der Waals surface area contributed by atoms with E-state index in [0.29, 0.717) is 11.0 Å². The van der Waals surface area contributed by atoms with Crippen molar-refractivity contribution in [2.24, 2.45) is 0 Å². The summed E-state index contributed by atoms with van der Waals surface area (Å²) in [7, 11) is 1.59. The number of benzene rings is 1. The van der Waals surface area contributed by atoms with E-state index in [1.807, 2.05) is 0 Å². The number of hydrogen-bond donors (Lipinski definition) is 1. The molecule has 0 saturated heterocycles. The second-order valence-electron chi connectivity index (χ2n) is 5.45. The number of hydrogen-bond acceptors (Lipinski definition) is 6. The maximum absolute atomic E-state index is 13.1. The highest BCUT2D eigenvalue weighted by Gasteiger charge is 2.36. The Morgan fingerprint density at radius 3 is 2.48 bits per heavy atom. The number of nitrogens with zero attached hydrogens (tertiary/aromatic N) is 4. The monoisotopic (exact) mass is 393 g/mol. The minimum Gasteiger partial charge on any atom is -0.355 e. The van der Waals surface area contributed by atoms with Crippen LogP contribution in [0.1, 0.15) is 22.8 Å². The molecule has 0 bridgehead atoms. The van der Waals surface area contributed by atoms with Crippen molar-refractivity contribution in [3.8, 4) is 6.07 Å². The smallest absolute Gasteiger partial charge is 0.355 e. The molecule has 0 radical (unpaired) electrons. The fourth-order valence-corrected chi connectivity index (χ4v) is 2.26. The van der Waals surface area contributed by atoms with Crippen LogP contribution in [0.4, 0.5) is 32.0 Å². The molecule has 0 saturated carbocycles. The quantitative estimate of drug-likeness (QED) is 0.760. The highest BCUT2D eigenvalue weighted by atomic mass is 19.4. The van der Waals surface area contributed by atoms with E-state index >= 15 is 0 Å². The molecule has 12 heteroatoms. The summed E-state index contributed by atoms with van der Waals surface area (Å²) in [4.78, 5) is 4.51. The van der Waals surface area contributed by atoms with Crippen LogP contribution in [0.25, 0.3) is 0 Å². The highest BCUT2D eigenvalue weighted by Crippen LogP contribution is 2.35. The Bertz CT molecular complexity index is 823. The molecular formula is C15H13F6N5O. The fraction of sp³-hybridized carbons (Fsp3) is 0.400. The Labute approximate surface area is 149 Å². The molecule has 1 aromatic carbocycles. The number of aromatic nitrogens is 2. The maximum Gasteiger partial charge on any atom is 0.417 e. The van der Waals surface area contributed by atoms with E-state index in [4.69, 9.17) is 9.78 Å². The first-order valence-corrected chi connectivity index (χ1v) is 7.42. The van der Waals surface area contributed by atoms with E-state index < -0.39 is 36.6 Å². The van der Waals surface area contributed by atoms with Gasteiger partial charge in [-0.2, -0.15) is 36.6 Å². The van der Waals surface area contributed by atoms with Crippen LogP contribution in [0, 0.1) is 11.3 Å². The molecule has 1 N–H and O–H groups in total. The molecule has 1 heterocycles. The summed E-state index contributed by atoms with van der Waals surface area (Å²) < 4.78 is 82.8. The fourth-order valence-electron chi connectivity index (χ4n) is 2.26. The molecule has 0 spiro atoms. The van der Waals surface area contributed by atoms with Crippen LogP contribution in [0.3, 0.4) is 0 Å². The molecule has 0 unspecified atom stereocenters. The molecule has 0 aliphatic rings. The van der Waals surface area contributed by atoms with Gasteiger partial charge >= 0.3 is 12.4 Å². The molecule has 0 aliphatic heterocycles. The van der Waals surface area contributed by atoms with Crippen LogP contribution in [0.15, 0.2) is 22.7 Å².